The Labute approximate surface area is 100 Å². The van der Waals surface area contributed by atoms with Gasteiger partial charge >= 0.3 is 0 Å². The molecular formula is C11H18N4O2. The fourth-order valence-electron chi connectivity index (χ4n) is 2.79. The third kappa shape index (κ3) is 2.14. The van der Waals surface area contributed by atoms with Crippen LogP contribution in [-0.4, -0.2) is 40.4 Å². The van der Waals surface area contributed by atoms with E-state index >= 15 is 0 Å². The maximum Gasteiger partial charge on any atom is 0.165 e. The molecule has 6 nitrogen and oxygen atoms in total. The lowest BCUT2D eigenvalue weighted by atomic mass is 9.84. The molecule has 1 unspecified atom stereocenters. The van der Waals surface area contributed by atoms with E-state index in [1.54, 1.807) is 0 Å². The van der Waals surface area contributed by atoms with Crippen LogP contribution in [0.1, 0.15) is 31.7 Å². The number of aromatic nitrogens is 3. The summed E-state index contributed by atoms with van der Waals surface area (Å²) in [6.45, 7) is 2.38. The molecule has 0 saturated carbocycles. The Balaban J connectivity index is 1.74. The van der Waals surface area contributed by atoms with E-state index in [1.807, 2.05) is 10.9 Å². The van der Waals surface area contributed by atoms with Gasteiger partial charge in [-0.25, -0.2) is 4.68 Å². The molecule has 1 aromatic heterocycles. The molecule has 0 radical (unpaired) electrons. The largest absolute Gasteiger partial charge is 0.381 e. The van der Waals surface area contributed by atoms with Crippen LogP contribution >= 0.6 is 0 Å². The van der Waals surface area contributed by atoms with Crippen LogP contribution in [-0.2, 0) is 9.47 Å². The lowest BCUT2D eigenvalue weighted by molar-refractivity contribution is -0.145. The van der Waals surface area contributed by atoms with Gasteiger partial charge in [-0.05, 0) is 25.7 Å². The molecule has 0 amide bonds. The highest BCUT2D eigenvalue weighted by atomic mass is 16.5. The summed E-state index contributed by atoms with van der Waals surface area (Å²) >= 11 is 0. The Kier molecular flexibility index (Phi) is 2.76. The van der Waals surface area contributed by atoms with Crippen molar-refractivity contribution in [1.29, 1.82) is 0 Å². The van der Waals surface area contributed by atoms with Crippen LogP contribution in [0.4, 0.5) is 5.82 Å². The highest BCUT2D eigenvalue weighted by molar-refractivity contribution is 5.20. The quantitative estimate of drug-likeness (QED) is 0.781. The van der Waals surface area contributed by atoms with Gasteiger partial charge in [0.15, 0.2) is 5.82 Å². The zero-order valence-corrected chi connectivity index (χ0v) is 9.84. The van der Waals surface area contributed by atoms with Crippen molar-refractivity contribution in [3.05, 3.63) is 6.20 Å². The van der Waals surface area contributed by atoms with Gasteiger partial charge in [-0.1, -0.05) is 5.21 Å². The highest BCUT2D eigenvalue weighted by Crippen LogP contribution is 2.38. The number of anilines is 1. The van der Waals surface area contributed by atoms with Gasteiger partial charge in [-0.3, -0.25) is 0 Å². The number of nitrogens with zero attached hydrogens (tertiary/aromatic N) is 3. The van der Waals surface area contributed by atoms with Gasteiger partial charge in [0.1, 0.15) is 0 Å². The van der Waals surface area contributed by atoms with Crippen molar-refractivity contribution >= 4 is 5.82 Å². The topological polar surface area (TPSA) is 75.2 Å². The predicted octanol–water partition coefficient (Wildman–Crippen LogP) is 0.761. The van der Waals surface area contributed by atoms with Crippen molar-refractivity contribution in [2.75, 3.05) is 25.6 Å². The van der Waals surface area contributed by atoms with E-state index in [4.69, 9.17) is 15.2 Å². The summed E-state index contributed by atoms with van der Waals surface area (Å²) in [6, 6.07) is 0.353. The summed E-state index contributed by atoms with van der Waals surface area (Å²) in [5.74, 6) is 0.484. The minimum atomic E-state index is -0.0120. The molecule has 2 aliphatic heterocycles. The van der Waals surface area contributed by atoms with Crippen LogP contribution in [0.3, 0.4) is 0 Å². The van der Waals surface area contributed by atoms with E-state index in [0.717, 1.165) is 45.5 Å². The van der Waals surface area contributed by atoms with Crippen molar-refractivity contribution in [2.45, 2.75) is 37.3 Å². The lowest BCUT2D eigenvalue weighted by Crippen LogP contribution is -2.44. The minimum Gasteiger partial charge on any atom is -0.381 e. The summed E-state index contributed by atoms with van der Waals surface area (Å²) in [7, 11) is 0. The molecule has 2 aliphatic rings. The zero-order valence-electron chi connectivity index (χ0n) is 9.84. The molecule has 1 aromatic rings. The number of ether oxygens (including phenoxy) is 2. The van der Waals surface area contributed by atoms with Crippen LogP contribution in [0.15, 0.2) is 6.20 Å². The molecule has 6 heteroatoms. The van der Waals surface area contributed by atoms with Gasteiger partial charge in [-0.15, -0.1) is 5.10 Å². The molecule has 17 heavy (non-hydrogen) atoms. The van der Waals surface area contributed by atoms with Crippen LogP contribution < -0.4 is 5.73 Å². The summed E-state index contributed by atoms with van der Waals surface area (Å²) in [4.78, 5) is 0. The van der Waals surface area contributed by atoms with E-state index in [2.05, 4.69) is 10.3 Å². The fraction of sp³-hybridized carbons (Fsp3) is 0.818. The number of hydrogen-bond acceptors (Lipinski definition) is 5. The second kappa shape index (κ2) is 4.27. The SMILES string of the molecule is Nc1cn(C2CCOC3(CCOCC3)C2)nn1. The molecule has 0 bridgehead atoms. The van der Waals surface area contributed by atoms with Gasteiger partial charge < -0.3 is 15.2 Å². The summed E-state index contributed by atoms with van der Waals surface area (Å²) < 4.78 is 13.3. The molecule has 0 aliphatic carbocycles. The molecule has 2 fully saturated rings. The third-order valence-electron chi connectivity index (χ3n) is 3.77. The van der Waals surface area contributed by atoms with E-state index in [0.29, 0.717) is 11.9 Å². The molecule has 94 valence electrons. The van der Waals surface area contributed by atoms with Crippen LogP contribution in [0.25, 0.3) is 0 Å². The van der Waals surface area contributed by atoms with Gasteiger partial charge in [0, 0.05) is 19.8 Å². The second-order valence-electron chi connectivity index (χ2n) is 4.91. The van der Waals surface area contributed by atoms with E-state index in [9.17, 15) is 0 Å². The van der Waals surface area contributed by atoms with Gasteiger partial charge in [-0.2, -0.15) is 0 Å². The first-order valence-corrected chi connectivity index (χ1v) is 6.16. The highest BCUT2D eigenvalue weighted by Gasteiger charge is 2.39. The summed E-state index contributed by atoms with van der Waals surface area (Å²) in [5.41, 5.74) is 5.60. The minimum absolute atomic E-state index is 0.0120. The molecule has 3 rings (SSSR count). The summed E-state index contributed by atoms with van der Waals surface area (Å²) in [5, 5.41) is 7.92. The van der Waals surface area contributed by atoms with E-state index in [-0.39, 0.29) is 5.60 Å². The molecular weight excluding hydrogens is 220 g/mol. The van der Waals surface area contributed by atoms with Crippen LogP contribution in [0.2, 0.25) is 0 Å². The smallest absolute Gasteiger partial charge is 0.165 e. The average Bonchev–Trinajstić information content (AvgIpc) is 2.77. The first-order valence-electron chi connectivity index (χ1n) is 6.16. The Morgan fingerprint density at radius 2 is 2.18 bits per heavy atom. The third-order valence-corrected chi connectivity index (χ3v) is 3.77. The second-order valence-corrected chi connectivity index (χ2v) is 4.91. The van der Waals surface area contributed by atoms with Crippen molar-refractivity contribution in [2.24, 2.45) is 0 Å². The first kappa shape index (κ1) is 11.0. The number of nitrogen functional groups attached to an aromatic ring is 1. The van der Waals surface area contributed by atoms with Crippen LogP contribution in [0, 0.1) is 0 Å². The molecule has 0 aromatic carbocycles. The maximum absolute atomic E-state index is 5.99. The average molecular weight is 238 g/mol. The first-order chi connectivity index (χ1) is 8.27. The fourth-order valence-corrected chi connectivity index (χ4v) is 2.79. The van der Waals surface area contributed by atoms with Crippen molar-refractivity contribution in [1.82, 2.24) is 15.0 Å². The van der Waals surface area contributed by atoms with Crippen molar-refractivity contribution < 1.29 is 9.47 Å². The van der Waals surface area contributed by atoms with Gasteiger partial charge in [0.2, 0.25) is 0 Å². The Morgan fingerprint density at radius 3 is 2.88 bits per heavy atom. The van der Waals surface area contributed by atoms with Crippen LogP contribution in [0.5, 0.6) is 0 Å². The molecule has 3 heterocycles. The number of nitrogens with two attached hydrogens (primary N) is 1. The molecule has 2 saturated heterocycles. The Hall–Kier alpha value is -1.14. The predicted molar refractivity (Wildman–Crippen MR) is 61.4 cm³/mol. The monoisotopic (exact) mass is 238 g/mol. The Morgan fingerprint density at radius 1 is 1.35 bits per heavy atom. The van der Waals surface area contributed by atoms with E-state index < -0.39 is 0 Å². The van der Waals surface area contributed by atoms with Crippen molar-refractivity contribution in [3.8, 4) is 0 Å². The lowest BCUT2D eigenvalue weighted by Gasteiger charge is -2.43. The van der Waals surface area contributed by atoms with Gasteiger partial charge in [0.05, 0.1) is 17.8 Å². The Bertz CT molecular complexity index is 381. The summed E-state index contributed by atoms with van der Waals surface area (Å²) in [6.07, 6.45) is 5.73. The van der Waals surface area contributed by atoms with E-state index in [1.165, 1.54) is 0 Å². The zero-order chi connectivity index (χ0) is 11.7. The van der Waals surface area contributed by atoms with Gasteiger partial charge in [0.25, 0.3) is 0 Å². The molecule has 1 atom stereocenters. The molecule has 2 N–H and O–H groups in total. The standard InChI is InChI=1S/C11H18N4O2/c12-10-8-15(14-13-10)9-1-4-17-11(7-9)2-5-16-6-3-11/h8-9H,1-7,12H2. The number of hydrogen-bond donors (Lipinski definition) is 1. The maximum atomic E-state index is 5.99. The number of rotatable bonds is 1. The van der Waals surface area contributed by atoms with Crippen molar-refractivity contribution in [3.63, 3.8) is 0 Å². The normalized spacial score (nSPS) is 28.4. The molecule has 1 spiro atoms.